The lowest BCUT2D eigenvalue weighted by molar-refractivity contribution is -0.143. The molecule has 0 spiro atoms. The molecule has 1 aromatic carbocycles. The molecule has 2 amide bonds. The van der Waals surface area contributed by atoms with Crippen molar-refractivity contribution < 1.29 is 14.3 Å². The van der Waals surface area contributed by atoms with Gasteiger partial charge in [-0.3, -0.25) is 9.59 Å². The van der Waals surface area contributed by atoms with Gasteiger partial charge in [0.2, 0.25) is 11.8 Å². The maximum atomic E-state index is 12.6. The molecular formula is C20H32N2O3. The minimum Gasteiger partial charge on any atom is -0.497 e. The molecule has 1 aromatic rings. The SMILES string of the molecule is COc1ccc(CN(C(=O)C(C)C)[C@H](C)C(=O)NCCC(C)C)cc1. The molecule has 25 heavy (non-hydrogen) atoms. The van der Waals surface area contributed by atoms with Gasteiger partial charge in [0.25, 0.3) is 0 Å². The van der Waals surface area contributed by atoms with Crippen molar-refractivity contribution in [1.82, 2.24) is 10.2 Å². The van der Waals surface area contributed by atoms with Crippen molar-refractivity contribution in [3.8, 4) is 5.75 Å². The number of amides is 2. The highest BCUT2D eigenvalue weighted by Gasteiger charge is 2.27. The van der Waals surface area contributed by atoms with Gasteiger partial charge in [-0.15, -0.1) is 0 Å². The number of methoxy groups -OCH3 is 1. The molecule has 1 rings (SSSR count). The zero-order valence-electron chi connectivity index (χ0n) is 16.3. The molecule has 0 aliphatic carbocycles. The van der Waals surface area contributed by atoms with Gasteiger partial charge in [-0.05, 0) is 37.0 Å². The van der Waals surface area contributed by atoms with E-state index in [-0.39, 0.29) is 17.7 Å². The molecule has 5 nitrogen and oxygen atoms in total. The fourth-order valence-corrected chi connectivity index (χ4v) is 2.44. The van der Waals surface area contributed by atoms with E-state index in [0.717, 1.165) is 17.7 Å². The van der Waals surface area contributed by atoms with E-state index in [1.165, 1.54) is 0 Å². The van der Waals surface area contributed by atoms with Gasteiger partial charge in [-0.1, -0.05) is 39.8 Å². The molecule has 0 saturated carbocycles. The van der Waals surface area contributed by atoms with Crippen molar-refractivity contribution in [1.29, 1.82) is 0 Å². The first-order chi connectivity index (χ1) is 11.8. The van der Waals surface area contributed by atoms with Crippen molar-refractivity contribution in [3.63, 3.8) is 0 Å². The van der Waals surface area contributed by atoms with E-state index >= 15 is 0 Å². The van der Waals surface area contributed by atoms with Crippen molar-refractivity contribution in [2.24, 2.45) is 11.8 Å². The monoisotopic (exact) mass is 348 g/mol. The molecule has 5 heteroatoms. The molecule has 0 fully saturated rings. The largest absolute Gasteiger partial charge is 0.497 e. The topological polar surface area (TPSA) is 58.6 Å². The summed E-state index contributed by atoms with van der Waals surface area (Å²) in [7, 11) is 1.62. The van der Waals surface area contributed by atoms with E-state index in [0.29, 0.717) is 19.0 Å². The van der Waals surface area contributed by atoms with Gasteiger partial charge < -0.3 is 15.0 Å². The standard InChI is InChI=1S/C20H32N2O3/c1-14(2)11-12-21-19(23)16(5)22(20(24)15(3)4)13-17-7-9-18(25-6)10-8-17/h7-10,14-16H,11-13H2,1-6H3,(H,21,23)/t16-/m1/s1. The molecule has 1 N–H and O–H groups in total. The Bertz CT molecular complexity index is 553. The zero-order chi connectivity index (χ0) is 19.0. The van der Waals surface area contributed by atoms with Crippen LogP contribution in [0.15, 0.2) is 24.3 Å². The minimum atomic E-state index is -0.510. The number of benzene rings is 1. The summed E-state index contributed by atoms with van der Waals surface area (Å²) in [6, 6.07) is 7.05. The first kappa shape index (κ1) is 21.0. The third-order valence-electron chi connectivity index (χ3n) is 4.16. The van der Waals surface area contributed by atoms with Crippen LogP contribution in [0.2, 0.25) is 0 Å². The molecule has 1 atom stereocenters. The lowest BCUT2D eigenvalue weighted by atomic mass is 10.1. The van der Waals surface area contributed by atoms with Gasteiger partial charge in [-0.25, -0.2) is 0 Å². The van der Waals surface area contributed by atoms with Crippen LogP contribution in [0, 0.1) is 11.8 Å². The van der Waals surface area contributed by atoms with Crippen LogP contribution in [0.5, 0.6) is 5.75 Å². The zero-order valence-corrected chi connectivity index (χ0v) is 16.3. The van der Waals surface area contributed by atoms with Crippen LogP contribution in [0.25, 0.3) is 0 Å². The number of carbonyl (C=O) groups is 2. The van der Waals surface area contributed by atoms with Gasteiger partial charge in [0, 0.05) is 19.0 Å². The van der Waals surface area contributed by atoms with Crippen LogP contribution in [0.1, 0.15) is 46.6 Å². The van der Waals surface area contributed by atoms with E-state index in [4.69, 9.17) is 4.74 Å². The van der Waals surface area contributed by atoms with Gasteiger partial charge in [0.15, 0.2) is 0 Å². The molecule has 0 radical (unpaired) electrons. The second-order valence-corrected chi connectivity index (χ2v) is 7.12. The maximum absolute atomic E-state index is 12.6. The Kier molecular flexibility index (Phi) is 8.46. The highest BCUT2D eigenvalue weighted by Crippen LogP contribution is 2.16. The molecule has 0 bridgehead atoms. The Morgan fingerprint density at radius 1 is 1.08 bits per heavy atom. The van der Waals surface area contributed by atoms with Crippen LogP contribution in [-0.2, 0) is 16.1 Å². The van der Waals surface area contributed by atoms with Crippen molar-refractivity contribution >= 4 is 11.8 Å². The average Bonchev–Trinajstić information content (AvgIpc) is 2.58. The van der Waals surface area contributed by atoms with Gasteiger partial charge in [0.1, 0.15) is 11.8 Å². The third kappa shape index (κ3) is 6.77. The van der Waals surface area contributed by atoms with Crippen LogP contribution in [0.3, 0.4) is 0 Å². The first-order valence-electron chi connectivity index (χ1n) is 8.97. The van der Waals surface area contributed by atoms with E-state index in [1.54, 1.807) is 18.9 Å². The van der Waals surface area contributed by atoms with Crippen LogP contribution < -0.4 is 10.1 Å². The second kappa shape index (κ2) is 10.1. The smallest absolute Gasteiger partial charge is 0.242 e. The summed E-state index contributed by atoms with van der Waals surface area (Å²) in [5, 5.41) is 2.94. The summed E-state index contributed by atoms with van der Waals surface area (Å²) < 4.78 is 5.16. The number of nitrogens with one attached hydrogen (secondary N) is 1. The van der Waals surface area contributed by atoms with Crippen LogP contribution in [-0.4, -0.2) is 36.4 Å². The van der Waals surface area contributed by atoms with E-state index < -0.39 is 6.04 Å². The fraction of sp³-hybridized carbons (Fsp3) is 0.600. The highest BCUT2D eigenvalue weighted by molar-refractivity contribution is 5.88. The van der Waals surface area contributed by atoms with E-state index in [2.05, 4.69) is 19.2 Å². The first-order valence-corrected chi connectivity index (χ1v) is 8.97. The minimum absolute atomic E-state index is 0.0256. The highest BCUT2D eigenvalue weighted by atomic mass is 16.5. The Hall–Kier alpha value is -2.04. The van der Waals surface area contributed by atoms with Crippen molar-refractivity contribution in [2.75, 3.05) is 13.7 Å². The van der Waals surface area contributed by atoms with Crippen LogP contribution in [0.4, 0.5) is 0 Å². The molecular weight excluding hydrogens is 316 g/mol. The summed E-state index contributed by atoms with van der Waals surface area (Å²) in [6.07, 6.45) is 0.926. The van der Waals surface area contributed by atoms with Gasteiger partial charge >= 0.3 is 0 Å². The Morgan fingerprint density at radius 3 is 2.16 bits per heavy atom. The number of carbonyl (C=O) groups excluding carboxylic acids is 2. The summed E-state index contributed by atoms with van der Waals surface area (Å²) in [5.41, 5.74) is 0.969. The molecule has 0 aliphatic rings. The predicted octanol–water partition coefficient (Wildman–Crippen LogP) is 3.23. The van der Waals surface area contributed by atoms with E-state index in [9.17, 15) is 9.59 Å². The summed E-state index contributed by atoms with van der Waals surface area (Å²) in [4.78, 5) is 26.7. The Morgan fingerprint density at radius 2 is 1.68 bits per heavy atom. The van der Waals surface area contributed by atoms with Crippen molar-refractivity contribution in [3.05, 3.63) is 29.8 Å². The maximum Gasteiger partial charge on any atom is 0.242 e. The molecule has 0 unspecified atom stereocenters. The number of hydrogen-bond donors (Lipinski definition) is 1. The van der Waals surface area contributed by atoms with Gasteiger partial charge in [-0.2, -0.15) is 0 Å². The fourth-order valence-electron chi connectivity index (χ4n) is 2.44. The van der Waals surface area contributed by atoms with E-state index in [1.807, 2.05) is 38.1 Å². The molecule has 140 valence electrons. The molecule has 0 saturated heterocycles. The summed E-state index contributed by atoms with van der Waals surface area (Å²) >= 11 is 0. The molecule has 0 heterocycles. The third-order valence-corrected chi connectivity index (χ3v) is 4.16. The Balaban J connectivity index is 2.84. The lowest BCUT2D eigenvalue weighted by Gasteiger charge is -2.30. The number of nitrogens with zero attached hydrogens (tertiary/aromatic N) is 1. The second-order valence-electron chi connectivity index (χ2n) is 7.12. The number of ether oxygens (including phenoxy) is 1. The predicted molar refractivity (Wildman–Crippen MR) is 100 cm³/mol. The van der Waals surface area contributed by atoms with Gasteiger partial charge in [0.05, 0.1) is 7.11 Å². The van der Waals surface area contributed by atoms with Crippen molar-refractivity contribution in [2.45, 2.75) is 53.6 Å². The summed E-state index contributed by atoms with van der Waals surface area (Å²) in [5.74, 6) is 1.00. The normalized spacial score (nSPS) is 12.2. The molecule has 0 aliphatic heterocycles. The Labute approximate surface area is 151 Å². The lowest BCUT2D eigenvalue weighted by Crippen LogP contribution is -2.49. The molecule has 0 aromatic heterocycles. The number of hydrogen-bond acceptors (Lipinski definition) is 3. The summed E-state index contributed by atoms with van der Waals surface area (Å²) in [6.45, 7) is 10.8. The average molecular weight is 348 g/mol. The quantitative estimate of drug-likeness (QED) is 0.745. The number of rotatable bonds is 9. The van der Waals surface area contributed by atoms with Crippen LogP contribution >= 0.6 is 0 Å².